The van der Waals surface area contributed by atoms with E-state index in [1.165, 1.54) is 0 Å². The summed E-state index contributed by atoms with van der Waals surface area (Å²) in [6, 6.07) is 9.65. The summed E-state index contributed by atoms with van der Waals surface area (Å²) in [5.41, 5.74) is 0.964. The fourth-order valence-corrected chi connectivity index (χ4v) is 4.28. The standard InChI is InChI=1S/C20H33NO4Si/c1-20(2,3)26(4,5)25-18-11-17(14-22)12-21(13-18)19(23)24-15-16-9-7-6-8-10-16/h6-10,17-18,22H,11-15H2,1-5H3/t17-,18+/m0/s1. The van der Waals surface area contributed by atoms with Gasteiger partial charge >= 0.3 is 6.09 Å². The van der Waals surface area contributed by atoms with Gasteiger partial charge in [0.25, 0.3) is 0 Å². The molecule has 1 aromatic carbocycles. The van der Waals surface area contributed by atoms with Crippen molar-refractivity contribution in [3.8, 4) is 0 Å². The maximum Gasteiger partial charge on any atom is 0.410 e. The molecule has 0 unspecified atom stereocenters. The van der Waals surface area contributed by atoms with Crippen LogP contribution < -0.4 is 0 Å². The molecule has 6 heteroatoms. The number of ether oxygens (including phenoxy) is 1. The summed E-state index contributed by atoms with van der Waals surface area (Å²) < 4.78 is 12.0. The zero-order chi connectivity index (χ0) is 19.4. The predicted octanol–water partition coefficient (Wildman–Crippen LogP) is 4.03. The highest BCUT2D eigenvalue weighted by Crippen LogP contribution is 2.38. The highest BCUT2D eigenvalue weighted by atomic mass is 28.4. The van der Waals surface area contributed by atoms with Gasteiger partial charge in [0.05, 0.1) is 6.10 Å². The molecule has 2 rings (SSSR count). The van der Waals surface area contributed by atoms with Crippen LogP contribution in [0.3, 0.4) is 0 Å². The Labute approximate surface area is 158 Å². The van der Waals surface area contributed by atoms with Crippen LogP contribution in [0.2, 0.25) is 18.1 Å². The van der Waals surface area contributed by atoms with E-state index in [0.29, 0.717) is 13.1 Å². The van der Waals surface area contributed by atoms with E-state index < -0.39 is 8.32 Å². The van der Waals surface area contributed by atoms with Crippen molar-refractivity contribution in [3.63, 3.8) is 0 Å². The minimum absolute atomic E-state index is 0.0304. The average Bonchev–Trinajstić information content (AvgIpc) is 2.58. The normalized spacial score (nSPS) is 21.5. The molecule has 1 amide bonds. The number of nitrogens with zero attached hydrogens (tertiary/aromatic N) is 1. The Morgan fingerprint density at radius 3 is 2.46 bits per heavy atom. The van der Waals surface area contributed by atoms with Crippen molar-refractivity contribution < 1.29 is 19.1 Å². The molecule has 0 spiro atoms. The number of carbonyl (C=O) groups is 1. The second kappa shape index (κ2) is 8.54. The van der Waals surface area contributed by atoms with Crippen LogP contribution in [-0.4, -0.2) is 50.2 Å². The highest BCUT2D eigenvalue weighted by molar-refractivity contribution is 6.74. The summed E-state index contributed by atoms with van der Waals surface area (Å²) in [5.74, 6) is 0.0304. The topological polar surface area (TPSA) is 59.0 Å². The molecule has 1 saturated heterocycles. The van der Waals surface area contributed by atoms with Crippen LogP contribution in [0.1, 0.15) is 32.8 Å². The summed E-state index contributed by atoms with van der Waals surface area (Å²) in [5, 5.41) is 9.76. The second-order valence-corrected chi connectivity index (χ2v) is 13.5. The van der Waals surface area contributed by atoms with Crippen molar-refractivity contribution in [1.29, 1.82) is 0 Å². The Morgan fingerprint density at radius 2 is 1.88 bits per heavy atom. The molecule has 1 fully saturated rings. The summed E-state index contributed by atoms with van der Waals surface area (Å²) in [6.45, 7) is 12.4. The van der Waals surface area contributed by atoms with Gasteiger partial charge in [-0.25, -0.2) is 4.79 Å². The first-order valence-corrected chi connectivity index (χ1v) is 12.3. The first kappa shape index (κ1) is 20.9. The lowest BCUT2D eigenvalue weighted by molar-refractivity contribution is 0.0175. The van der Waals surface area contributed by atoms with Crippen LogP contribution in [0.15, 0.2) is 30.3 Å². The quantitative estimate of drug-likeness (QED) is 0.785. The third kappa shape index (κ3) is 5.56. The van der Waals surface area contributed by atoms with Crippen LogP contribution in [0.5, 0.6) is 0 Å². The number of hydrogen-bond donors (Lipinski definition) is 1. The number of aliphatic hydroxyl groups is 1. The maximum absolute atomic E-state index is 12.5. The van der Waals surface area contributed by atoms with Crippen molar-refractivity contribution in [3.05, 3.63) is 35.9 Å². The van der Waals surface area contributed by atoms with Gasteiger partial charge in [-0.2, -0.15) is 0 Å². The van der Waals surface area contributed by atoms with Crippen LogP contribution >= 0.6 is 0 Å². The summed E-state index contributed by atoms with van der Waals surface area (Å²) in [6.07, 6.45) is 0.396. The van der Waals surface area contributed by atoms with Gasteiger partial charge in [0.2, 0.25) is 0 Å². The summed E-state index contributed by atoms with van der Waals surface area (Å²) in [7, 11) is -1.93. The third-order valence-corrected chi connectivity index (χ3v) is 10.0. The lowest BCUT2D eigenvalue weighted by Crippen LogP contribution is -2.53. The molecule has 0 radical (unpaired) electrons. The van der Waals surface area contributed by atoms with E-state index in [1.54, 1.807) is 4.90 Å². The molecule has 1 aliphatic rings. The van der Waals surface area contributed by atoms with Crippen molar-refractivity contribution in [2.45, 2.75) is 58.0 Å². The number of piperidine rings is 1. The number of amides is 1. The van der Waals surface area contributed by atoms with E-state index in [4.69, 9.17) is 9.16 Å². The van der Waals surface area contributed by atoms with Gasteiger partial charge in [-0.05, 0) is 30.1 Å². The highest BCUT2D eigenvalue weighted by Gasteiger charge is 2.41. The Balaban J connectivity index is 1.98. The number of aliphatic hydroxyl groups excluding tert-OH is 1. The molecule has 0 aliphatic carbocycles. The van der Waals surface area contributed by atoms with E-state index in [2.05, 4.69) is 33.9 Å². The SMILES string of the molecule is CC(C)(C)[Si](C)(C)O[C@@H]1C[C@H](CO)CN(C(=O)OCc2ccccc2)C1. The van der Waals surface area contributed by atoms with E-state index in [1.807, 2.05) is 30.3 Å². The zero-order valence-corrected chi connectivity index (χ0v) is 17.7. The number of carbonyl (C=O) groups excluding carboxylic acids is 1. The Hall–Kier alpha value is -1.37. The minimum atomic E-state index is -1.93. The monoisotopic (exact) mass is 379 g/mol. The molecule has 0 saturated carbocycles. The fraction of sp³-hybridized carbons (Fsp3) is 0.650. The Kier molecular flexibility index (Phi) is 6.88. The molecule has 1 aliphatic heterocycles. The van der Waals surface area contributed by atoms with Crippen LogP contribution in [0, 0.1) is 5.92 Å². The number of likely N-dealkylation sites (tertiary alicyclic amines) is 1. The molecule has 1 aromatic rings. The van der Waals surface area contributed by atoms with Gasteiger partial charge in [0.15, 0.2) is 8.32 Å². The Morgan fingerprint density at radius 1 is 1.23 bits per heavy atom. The third-order valence-electron chi connectivity index (χ3n) is 5.49. The number of hydrogen-bond acceptors (Lipinski definition) is 4. The van der Waals surface area contributed by atoms with Crippen LogP contribution in [-0.2, 0) is 15.8 Å². The van der Waals surface area contributed by atoms with Crippen molar-refractivity contribution in [2.24, 2.45) is 5.92 Å². The number of benzene rings is 1. The maximum atomic E-state index is 12.5. The van der Waals surface area contributed by atoms with Crippen molar-refractivity contribution in [2.75, 3.05) is 19.7 Å². The van der Waals surface area contributed by atoms with Gasteiger partial charge < -0.3 is 19.2 Å². The molecule has 1 heterocycles. The average molecular weight is 380 g/mol. The van der Waals surface area contributed by atoms with Crippen molar-refractivity contribution >= 4 is 14.4 Å². The van der Waals surface area contributed by atoms with E-state index in [-0.39, 0.29) is 36.4 Å². The van der Waals surface area contributed by atoms with E-state index >= 15 is 0 Å². The molecule has 0 bridgehead atoms. The van der Waals surface area contributed by atoms with Crippen LogP contribution in [0.25, 0.3) is 0 Å². The zero-order valence-electron chi connectivity index (χ0n) is 16.7. The molecular weight excluding hydrogens is 346 g/mol. The van der Waals surface area contributed by atoms with Gasteiger partial charge in [0, 0.05) is 25.6 Å². The molecule has 1 N–H and O–H groups in total. The molecule has 0 aromatic heterocycles. The molecule has 146 valence electrons. The lowest BCUT2D eigenvalue weighted by Gasteiger charge is -2.43. The lowest BCUT2D eigenvalue weighted by atomic mass is 9.97. The summed E-state index contributed by atoms with van der Waals surface area (Å²) in [4.78, 5) is 14.2. The molecule has 5 nitrogen and oxygen atoms in total. The van der Waals surface area contributed by atoms with Crippen LogP contribution in [0.4, 0.5) is 4.79 Å². The molecule has 26 heavy (non-hydrogen) atoms. The molecule has 2 atom stereocenters. The summed E-state index contributed by atoms with van der Waals surface area (Å²) >= 11 is 0. The first-order valence-electron chi connectivity index (χ1n) is 9.36. The predicted molar refractivity (Wildman–Crippen MR) is 105 cm³/mol. The first-order chi connectivity index (χ1) is 12.1. The second-order valence-electron chi connectivity index (χ2n) is 8.73. The van der Waals surface area contributed by atoms with Gasteiger partial charge in [-0.3, -0.25) is 0 Å². The van der Waals surface area contributed by atoms with Gasteiger partial charge in [-0.1, -0.05) is 51.1 Å². The molecular formula is C20H33NO4Si. The van der Waals surface area contributed by atoms with E-state index in [0.717, 1.165) is 12.0 Å². The minimum Gasteiger partial charge on any atom is -0.445 e. The number of rotatable bonds is 5. The fourth-order valence-electron chi connectivity index (χ4n) is 2.92. The van der Waals surface area contributed by atoms with E-state index in [9.17, 15) is 9.90 Å². The smallest absolute Gasteiger partial charge is 0.410 e. The Bertz CT molecular complexity index is 585. The van der Waals surface area contributed by atoms with Gasteiger partial charge in [0.1, 0.15) is 6.61 Å². The largest absolute Gasteiger partial charge is 0.445 e. The van der Waals surface area contributed by atoms with Gasteiger partial charge in [-0.15, -0.1) is 0 Å². The van der Waals surface area contributed by atoms with Crippen molar-refractivity contribution in [1.82, 2.24) is 4.90 Å².